The molecular weight excluding hydrogens is 364 g/mol. The molecule has 0 unspecified atom stereocenters. The van der Waals surface area contributed by atoms with Crippen LogP contribution in [-0.4, -0.2) is 28.2 Å². The van der Waals surface area contributed by atoms with Crippen molar-refractivity contribution in [2.45, 2.75) is 19.1 Å². The van der Waals surface area contributed by atoms with Gasteiger partial charge in [-0.3, -0.25) is 14.6 Å². The average molecular weight is 386 g/mol. The Labute approximate surface area is 169 Å². The Hall–Kier alpha value is -3.67. The van der Waals surface area contributed by atoms with E-state index < -0.39 is 0 Å². The average Bonchev–Trinajstić information content (AvgIpc) is 2.78. The minimum atomic E-state index is -0.317. The summed E-state index contributed by atoms with van der Waals surface area (Å²) in [5.41, 5.74) is 3.20. The van der Waals surface area contributed by atoms with Crippen molar-refractivity contribution >= 4 is 17.5 Å². The molecule has 2 N–H and O–H groups in total. The van der Waals surface area contributed by atoms with Crippen molar-refractivity contribution < 1.29 is 9.59 Å². The van der Waals surface area contributed by atoms with Crippen LogP contribution in [0.5, 0.6) is 0 Å². The zero-order chi connectivity index (χ0) is 20.1. The van der Waals surface area contributed by atoms with Crippen molar-refractivity contribution in [3.8, 4) is 0 Å². The summed E-state index contributed by atoms with van der Waals surface area (Å²) in [4.78, 5) is 31.4. The number of fused-ring (bicyclic) bond motifs is 1. The molecule has 4 rings (SSSR count). The van der Waals surface area contributed by atoms with Gasteiger partial charge in [0.15, 0.2) is 0 Å². The van der Waals surface area contributed by atoms with Crippen LogP contribution in [0.2, 0.25) is 0 Å². The quantitative estimate of drug-likeness (QED) is 0.681. The van der Waals surface area contributed by atoms with Gasteiger partial charge in [0.25, 0.3) is 5.91 Å². The molecule has 0 bridgehead atoms. The minimum Gasteiger partial charge on any atom is -0.361 e. The van der Waals surface area contributed by atoms with Crippen LogP contribution in [0.3, 0.4) is 0 Å². The Balaban J connectivity index is 1.47. The zero-order valence-electron chi connectivity index (χ0n) is 15.9. The van der Waals surface area contributed by atoms with Gasteiger partial charge in [-0.2, -0.15) is 0 Å². The third-order valence-corrected chi connectivity index (χ3v) is 4.91. The molecule has 0 saturated carbocycles. The molecule has 1 aromatic heterocycles. The molecule has 1 aliphatic rings. The molecule has 2 heterocycles. The van der Waals surface area contributed by atoms with Crippen molar-refractivity contribution in [2.75, 3.05) is 11.9 Å². The predicted octanol–water partition coefficient (Wildman–Crippen LogP) is 3.35. The van der Waals surface area contributed by atoms with Crippen molar-refractivity contribution in [3.05, 3.63) is 95.8 Å². The SMILES string of the molecule is O=C(CCN1C(=O)c2ccccc2N[C@H]1c1ccccc1)NCc1ccccn1. The van der Waals surface area contributed by atoms with E-state index in [1.165, 1.54) is 0 Å². The van der Waals surface area contributed by atoms with Gasteiger partial charge in [0.1, 0.15) is 6.17 Å². The first-order valence-corrected chi connectivity index (χ1v) is 9.60. The molecule has 2 aromatic carbocycles. The molecule has 2 amide bonds. The summed E-state index contributed by atoms with van der Waals surface area (Å²) in [5.74, 6) is -0.195. The summed E-state index contributed by atoms with van der Waals surface area (Å²) in [6.07, 6.45) is 1.59. The lowest BCUT2D eigenvalue weighted by atomic mass is 10.0. The highest BCUT2D eigenvalue weighted by molar-refractivity contribution is 6.01. The number of hydrogen-bond donors (Lipinski definition) is 2. The highest BCUT2D eigenvalue weighted by Crippen LogP contribution is 2.32. The topological polar surface area (TPSA) is 74.3 Å². The molecule has 0 fully saturated rings. The van der Waals surface area contributed by atoms with Crippen molar-refractivity contribution in [1.29, 1.82) is 0 Å². The number of rotatable bonds is 6. The number of amides is 2. The van der Waals surface area contributed by atoms with E-state index in [4.69, 9.17) is 0 Å². The third kappa shape index (κ3) is 4.27. The fourth-order valence-electron chi connectivity index (χ4n) is 3.42. The fourth-order valence-corrected chi connectivity index (χ4v) is 3.42. The number of anilines is 1. The Bertz CT molecular complexity index is 992. The summed E-state index contributed by atoms with van der Waals surface area (Å²) in [7, 11) is 0. The lowest BCUT2D eigenvalue weighted by Gasteiger charge is -2.38. The first-order chi connectivity index (χ1) is 14.2. The van der Waals surface area contributed by atoms with Gasteiger partial charge in [0.05, 0.1) is 17.8 Å². The highest BCUT2D eigenvalue weighted by atomic mass is 16.2. The maximum Gasteiger partial charge on any atom is 0.257 e. The van der Waals surface area contributed by atoms with Crippen LogP contribution < -0.4 is 10.6 Å². The van der Waals surface area contributed by atoms with E-state index in [2.05, 4.69) is 15.6 Å². The molecule has 1 aliphatic heterocycles. The first kappa shape index (κ1) is 18.7. The molecule has 6 heteroatoms. The standard InChI is InChI=1S/C23H22N4O2/c28-21(25-16-18-10-6-7-14-24-18)13-15-27-22(17-8-2-1-3-9-17)26-20-12-5-4-11-19(20)23(27)29/h1-12,14,22,26H,13,15-16H2,(H,25,28)/t22-/m1/s1. The van der Waals surface area contributed by atoms with Crippen LogP contribution in [0, 0.1) is 0 Å². The summed E-state index contributed by atoms with van der Waals surface area (Å²) in [5, 5.41) is 6.31. The van der Waals surface area contributed by atoms with Gasteiger partial charge in [-0.25, -0.2) is 0 Å². The van der Waals surface area contributed by atoms with E-state index in [0.717, 1.165) is 16.9 Å². The van der Waals surface area contributed by atoms with Gasteiger partial charge in [-0.05, 0) is 29.8 Å². The van der Waals surface area contributed by atoms with E-state index in [-0.39, 0.29) is 24.4 Å². The third-order valence-electron chi connectivity index (χ3n) is 4.91. The van der Waals surface area contributed by atoms with Crippen LogP contribution >= 0.6 is 0 Å². The summed E-state index contributed by atoms with van der Waals surface area (Å²) >= 11 is 0. The zero-order valence-corrected chi connectivity index (χ0v) is 15.9. The Kier molecular flexibility index (Phi) is 5.52. The van der Waals surface area contributed by atoms with Gasteiger partial charge in [0, 0.05) is 24.8 Å². The maximum atomic E-state index is 13.1. The number of para-hydroxylation sites is 1. The van der Waals surface area contributed by atoms with E-state index in [0.29, 0.717) is 18.7 Å². The largest absolute Gasteiger partial charge is 0.361 e. The molecule has 3 aromatic rings. The number of nitrogens with one attached hydrogen (secondary N) is 2. The Morgan fingerprint density at radius 3 is 2.55 bits per heavy atom. The second kappa shape index (κ2) is 8.56. The lowest BCUT2D eigenvalue weighted by molar-refractivity contribution is -0.121. The predicted molar refractivity (Wildman–Crippen MR) is 111 cm³/mol. The normalized spacial score (nSPS) is 15.4. The molecule has 0 radical (unpaired) electrons. The van der Waals surface area contributed by atoms with E-state index in [1.54, 1.807) is 17.2 Å². The molecule has 146 valence electrons. The van der Waals surface area contributed by atoms with Gasteiger partial charge in [-0.1, -0.05) is 48.5 Å². The summed E-state index contributed by atoms with van der Waals surface area (Å²) in [6, 6.07) is 22.8. The monoisotopic (exact) mass is 386 g/mol. The van der Waals surface area contributed by atoms with Crippen LogP contribution in [0.15, 0.2) is 79.0 Å². The van der Waals surface area contributed by atoms with Crippen LogP contribution in [-0.2, 0) is 11.3 Å². The minimum absolute atomic E-state index is 0.0780. The number of carbonyl (C=O) groups excluding carboxylic acids is 2. The molecule has 0 spiro atoms. The van der Waals surface area contributed by atoms with E-state index in [9.17, 15) is 9.59 Å². The molecule has 0 saturated heterocycles. The van der Waals surface area contributed by atoms with Crippen LogP contribution in [0.4, 0.5) is 5.69 Å². The van der Waals surface area contributed by atoms with Gasteiger partial charge < -0.3 is 15.5 Å². The molecule has 6 nitrogen and oxygen atoms in total. The molecular formula is C23H22N4O2. The number of nitrogens with zero attached hydrogens (tertiary/aromatic N) is 2. The van der Waals surface area contributed by atoms with E-state index >= 15 is 0 Å². The molecule has 1 atom stereocenters. The van der Waals surface area contributed by atoms with Crippen molar-refractivity contribution in [1.82, 2.24) is 15.2 Å². The maximum absolute atomic E-state index is 13.1. The number of hydrogen-bond acceptors (Lipinski definition) is 4. The Morgan fingerprint density at radius 2 is 1.76 bits per heavy atom. The van der Waals surface area contributed by atoms with Crippen LogP contribution in [0.1, 0.15) is 34.2 Å². The second-order valence-corrected chi connectivity index (χ2v) is 6.85. The number of pyridine rings is 1. The van der Waals surface area contributed by atoms with Crippen molar-refractivity contribution in [2.24, 2.45) is 0 Å². The Morgan fingerprint density at radius 1 is 1.00 bits per heavy atom. The van der Waals surface area contributed by atoms with E-state index in [1.807, 2.05) is 66.7 Å². The second-order valence-electron chi connectivity index (χ2n) is 6.85. The first-order valence-electron chi connectivity index (χ1n) is 9.60. The molecule has 29 heavy (non-hydrogen) atoms. The van der Waals surface area contributed by atoms with Crippen LogP contribution in [0.25, 0.3) is 0 Å². The summed E-state index contributed by atoms with van der Waals surface area (Å²) < 4.78 is 0. The number of carbonyl (C=O) groups is 2. The molecule has 0 aliphatic carbocycles. The smallest absolute Gasteiger partial charge is 0.257 e. The van der Waals surface area contributed by atoms with Crippen molar-refractivity contribution in [3.63, 3.8) is 0 Å². The van der Waals surface area contributed by atoms with Gasteiger partial charge >= 0.3 is 0 Å². The number of benzene rings is 2. The number of aromatic nitrogens is 1. The highest BCUT2D eigenvalue weighted by Gasteiger charge is 2.32. The van der Waals surface area contributed by atoms with Gasteiger partial charge in [-0.15, -0.1) is 0 Å². The van der Waals surface area contributed by atoms with Gasteiger partial charge in [0.2, 0.25) is 5.91 Å². The fraction of sp³-hybridized carbons (Fsp3) is 0.174. The summed E-state index contributed by atoms with van der Waals surface area (Å²) in [6.45, 7) is 0.685. The lowest BCUT2D eigenvalue weighted by Crippen LogP contribution is -2.44.